The molecule has 0 radical (unpaired) electrons. The summed E-state index contributed by atoms with van der Waals surface area (Å²) in [6.07, 6.45) is 2.10. The van der Waals surface area contributed by atoms with Crippen molar-refractivity contribution in [2.45, 2.75) is 33.6 Å². The van der Waals surface area contributed by atoms with Crippen molar-refractivity contribution >= 4 is 5.91 Å². The van der Waals surface area contributed by atoms with E-state index >= 15 is 0 Å². The molecule has 0 aliphatic heterocycles. The summed E-state index contributed by atoms with van der Waals surface area (Å²) in [5, 5.41) is 2.74. The lowest BCUT2D eigenvalue weighted by molar-refractivity contribution is -0.129. The van der Waals surface area contributed by atoms with Gasteiger partial charge in [-0.2, -0.15) is 0 Å². The summed E-state index contributed by atoms with van der Waals surface area (Å²) in [5.41, 5.74) is 0.0643. The van der Waals surface area contributed by atoms with Crippen LogP contribution in [0.5, 0.6) is 0 Å². The van der Waals surface area contributed by atoms with E-state index in [-0.39, 0.29) is 16.7 Å². The molecule has 0 bridgehead atoms. The third-order valence-corrected chi connectivity index (χ3v) is 2.85. The number of rotatable bonds is 1. The molecule has 2 heteroatoms. The molecular weight excluding hydrogens is 138 g/mol. The molecule has 1 fully saturated rings. The van der Waals surface area contributed by atoms with Gasteiger partial charge in [0, 0.05) is 7.05 Å². The zero-order chi connectivity index (χ0) is 8.70. The van der Waals surface area contributed by atoms with Gasteiger partial charge < -0.3 is 5.32 Å². The molecule has 11 heavy (non-hydrogen) atoms. The summed E-state index contributed by atoms with van der Waals surface area (Å²) >= 11 is 0. The molecule has 1 aliphatic carbocycles. The first-order valence-corrected chi connectivity index (χ1v) is 4.16. The monoisotopic (exact) mass is 155 g/mol. The maximum Gasteiger partial charge on any atom is 0.226 e. The molecule has 64 valence electrons. The van der Waals surface area contributed by atoms with E-state index in [0.29, 0.717) is 0 Å². The fourth-order valence-electron chi connectivity index (χ4n) is 1.68. The van der Waals surface area contributed by atoms with Gasteiger partial charge in [0.1, 0.15) is 0 Å². The molecule has 2 nitrogen and oxygen atoms in total. The van der Waals surface area contributed by atoms with Crippen molar-refractivity contribution in [2.75, 3.05) is 7.05 Å². The summed E-state index contributed by atoms with van der Waals surface area (Å²) in [4.78, 5) is 11.4. The van der Waals surface area contributed by atoms with Gasteiger partial charge in [0.2, 0.25) is 5.91 Å². The van der Waals surface area contributed by atoms with Gasteiger partial charge in [0.25, 0.3) is 0 Å². The lowest BCUT2D eigenvalue weighted by Crippen LogP contribution is -2.37. The first-order chi connectivity index (χ1) is 4.94. The normalized spacial score (nSPS) is 21.1. The molecule has 0 saturated heterocycles. The highest BCUT2D eigenvalue weighted by atomic mass is 16.2. The highest BCUT2D eigenvalue weighted by molar-refractivity contribution is 5.85. The number of amides is 1. The lowest BCUT2D eigenvalue weighted by atomic mass is 9.77. The second kappa shape index (κ2) is 2.23. The Bertz CT molecular complexity index is 174. The Morgan fingerprint density at radius 3 is 1.91 bits per heavy atom. The minimum atomic E-state index is -0.0538. The van der Waals surface area contributed by atoms with E-state index < -0.39 is 0 Å². The predicted molar refractivity (Wildman–Crippen MR) is 45.2 cm³/mol. The van der Waals surface area contributed by atoms with Crippen molar-refractivity contribution in [3.63, 3.8) is 0 Å². The van der Waals surface area contributed by atoms with Crippen LogP contribution in [0.4, 0.5) is 0 Å². The van der Waals surface area contributed by atoms with Crippen molar-refractivity contribution < 1.29 is 4.79 Å². The van der Waals surface area contributed by atoms with E-state index in [1.165, 1.54) is 0 Å². The average Bonchev–Trinajstić information content (AvgIpc) is 2.63. The first-order valence-electron chi connectivity index (χ1n) is 4.16. The number of carbonyl (C=O) groups is 1. The second-order valence-electron chi connectivity index (χ2n) is 4.41. The van der Waals surface area contributed by atoms with Crippen LogP contribution >= 0.6 is 0 Å². The SMILES string of the molecule is CNC(=O)C1(C(C)(C)C)CC1. The molecule has 0 heterocycles. The molecule has 0 spiro atoms. The van der Waals surface area contributed by atoms with Crippen LogP contribution in [0.25, 0.3) is 0 Å². The highest BCUT2D eigenvalue weighted by Gasteiger charge is 2.57. The zero-order valence-electron chi connectivity index (χ0n) is 7.82. The molecule has 0 atom stereocenters. The molecule has 1 N–H and O–H groups in total. The van der Waals surface area contributed by atoms with Crippen molar-refractivity contribution in [1.82, 2.24) is 5.32 Å². The van der Waals surface area contributed by atoms with E-state index in [4.69, 9.17) is 0 Å². The number of hydrogen-bond acceptors (Lipinski definition) is 1. The van der Waals surface area contributed by atoms with Gasteiger partial charge in [-0.3, -0.25) is 4.79 Å². The Morgan fingerprint density at radius 1 is 1.36 bits per heavy atom. The molecule has 0 aromatic carbocycles. The first kappa shape index (κ1) is 8.57. The van der Waals surface area contributed by atoms with E-state index in [1.54, 1.807) is 7.05 Å². The summed E-state index contributed by atoms with van der Waals surface area (Å²) in [6, 6.07) is 0. The van der Waals surface area contributed by atoms with Crippen LogP contribution in [0.15, 0.2) is 0 Å². The highest BCUT2D eigenvalue weighted by Crippen LogP contribution is 2.58. The Hall–Kier alpha value is -0.530. The number of hydrogen-bond donors (Lipinski definition) is 1. The van der Waals surface area contributed by atoms with Crippen LogP contribution < -0.4 is 5.32 Å². The molecule has 0 aromatic heterocycles. The van der Waals surface area contributed by atoms with Crippen LogP contribution in [0, 0.1) is 10.8 Å². The lowest BCUT2D eigenvalue weighted by Gasteiger charge is -2.28. The molecule has 1 saturated carbocycles. The standard InChI is InChI=1S/C9H17NO/c1-8(2,3)9(5-6-9)7(11)10-4/h5-6H2,1-4H3,(H,10,11). The molecule has 1 amide bonds. The fraction of sp³-hybridized carbons (Fsp3) is 0.889. The Morgan fingerprint density at radius 2 is 1.82 bits per heavy atom. The Labute approximate surface area is 68.4 Å². The topological polar surface area (TPSA) is 29.1 Å². The van der Waals surface area contributed by atoms with E-state index in [2.05, 4.69) is 26.1 Å². The third kappa shape index (κ3) is 1.15. The van der Waals surface area contributed by atoms with E-state index in [0.717, 1.165) is 12.8 Å². The number of carbonyl (C=O) groups excluding carboxylic acids is 1. The van der Waals surface area contributed by atoms with E-state index in [9.17, 15) is 4.79 Å². The van der Waals surface area contributed by atoms with Gasteiger partial charge in [0.15, 0.2) is 0 Å². The Kier molecular flexibility index (Phi) is 1.73. The predicted octanol–water partition coefficient (Wildman–Crippen LogP) is 1.56. The van der Waals surface area contributed by atoms with Crippen molar-refractivity contribution in [2.24, 2.45) is 10.8 Å². The zero-order valence-corrected chi connectivity index (χ0v) is 7.82. The maximum absolute atomic E-state index is 11.4. The summed E-state index contributed by atoms with van der Waals surface area (Å²) in [5.74, 6) is 0.213. The summed E-state index contributed by atoms with van der Waals surface area (Å²) in [7, 11) is 1.72. The van der Waals surface area contributed by atoms with Crippen molar-refractivity contribution in [3.05, 3.63) is 0 Å². The van der Waals surface area contributed by atoms with Crippen LogP contribution in [0.3, 0.4) is 0 Å². The minimum Gasteiger partial charge on any atom is -0.359 e. The molecule has 1 aliphatic rings. The van der Waals surface area contributed by atoms with Crippen LogP contribution in [0.1, 0.15) is 33.6 Å². The largest absolute Gasteiger partial charge is 0.359 e. The van der Waals surface area contributed by atoms with Gasteiger partial charge in [-0.25, -0.2) is 0 Å². The average molecular weight is 155 g/mol. The van der Waals surface area contributed by atoms with Gasteiger partial charge in [-0.15, -0.1) is 0 Å². The van der Waals surface area contributed by atoms with Crippen molar-refractivity contribution in [3.8, 4) is 0 Å². The van der Waals surface area contributed by atoms with Gasteiger partial charge in [0.05, 0.1) is 5.41 Å². The quantitative estimate of drug-likeness (QED) is 0.611. The smallest absolute Gasteiger partial charge is 0.226 e. The molecule has 1 rings (SSSR count). The fourth-order valence-corrected chi connectivity index (χ4v) is 1.68. The third-order valence-electron chi connectivity index (χ3n) is 2.85. The van der Waals surface area contributed by atoms with Crippen LogP contribution in [-0.2, 0) is 4.79 Å². The molecule has 0 aromatic rings. The second-order valence-corrected chi connectivity index (χ2v) is 4.41. The molecular formula is C9H17NO. The number of nitrogens with one attached hydrogen (secondary N) is 1. The van der Waals surface area contributed by atoms with Gasteiger partial charge in [-0.1, -0.05) is 20.8 Å². The van der Waals surface area contributed by atoms with Gasteiger partial charge in [-0.05, 0) is 18.3 Å². The van der Waals surface area contributed by atoms with Gasteiger partial charge >= 0.3 is 0 Å². The van der Waals surface area contributed by atoms with Crippen LogP contribution in [-0.4, -0.2) is 13.0 Å². The van der Waals surface area contributed by atoms with Crippen LogP contribution in [0.2, 0.25) is 0 Å². The van der Waals surface area contributed by atoms with Crippen molar-refractivity contribution in [1.29, 1.82) is 0 Å². The van der Waals surface area contributed by atoms with E-state index in [1.807, 2.05) is 0 Å². The molecule has 0 unspecified atom stereocenters. The Balaban J connectivity index is 2.76. The summed E-state index contributed by atoms with van der Waals surface area (Å²) in [6.45, 7) is 6.40. The minimum absolute atomic E-state index is 0.0538. The maximum atomic E-state index is 11.4. The summed E-state index contributed by atoms with van der Waals surface area (Å²) < 4.78 is 0.